The van der Waals surface area contributed by atoms with Gasteiger partial charge in [0.2, 0.25) is 0 Å². The van der Waals surface area contributed by atoms with Crippen molar-refractivity contribution < 1.29 is 15.0 Å². The summed E-state index contributed by atoms with van der Waals surface area (Å²) in [6.45, 7) is 4.78. The number of aliphatic hydroxyl groups is 1. The lowest BCUT2D eigenvalue weighted by molar-refractivity contribution is -0.145. The first kappa shape index (κ1) is 15.4. The van der Waals surface area contributed by atoms with Crippen molar-refractivity contribution in [2.75, 3.05) is 13.2 Å². The maximum absolute atomic E-state index is 11.2. The van der Waals surface area contributed by atoms with Crippen LogP contribution in [0.3, 0.4) is 0 Å². The number of aliphatic carboxylic acids is 1. The molecular formula is C12H25NO3. The van der Waals surface area contributed by atoms with Gasteiger partial charge in [-0.25, -0.2) is 0 Å². The highest BCUT2D eigenvalue weighted by atomic mass is 16.4. The van der Waals surface area contributed by atoms with E-state index in [1.165, 1.54) is 0 Å². The van der Waals surface area contributed by atoms with E-state index in [0.717, 1.165) is 32.2 Å². The SMILES string of the molecule is CCC(CC)(NCCCCCCO)C(=O)O. The van der Waals surface area contributed by atoms with Gasteiger partial charge in [0, 0.05) is 6.61 Å². The first-order valence-electron chi connectivity index (χ1n) is 6.22. The van der Waals surface area contributed by atoms with Crippen LogP contribution in [0.25, 0.3) is 0 Å². The summed E-state index contributed by atoms with van der Waals surface area (Å²) in [4.78, 5) is 11.2. The van der Waals surface area contributed by atoms with Gasteiger partial charge in [-0.1, -0.05) is 26.7 Å². The van der Waals surface area contributed by atoms with Gasteiger partial charge in [0.25, 0.3) is 0 Å². The normalized spacial score (nSPS) is 11.7. The predicted octanol–water partition coefficient (Wildman–Crippen LogP) is 1.77. The van der Waals surface area contributed by atoms with Gasteiger partial charge < -0.3 is 15.5 Å². The molecule has 16 heavy (non-hydrogen) atoms. The van der Waals surface area contributed by atoms with Crippen LogP contribution in [0, 0.1) is 0 Å². The zero-order chi connectivity index (χ0) is 12.4. The van der Waals surface area contributed by atoms with Gasteiger partial charge in [-0.2, -0.15) is 0 Å². The molecule has 4 nitrogen and oxygen atoms in total. The molecular weight excluding hydrogens is 206 g/mol. The van der Waals surface area contributed by atoms with Crippen molar-refractivity contribution in [2.45, 2.75) is 57.9 Å². The predicted molar refractivity (Wildman–Crippen MR) is 64.5 cm³/mol. The van der Waals surface area contributed by atoms with Crippen molar-refractivity contribution in [2.24, 2.45) is 0 Å². The maximum atomic E-state index is 11.2. The molecule has 0 amide bonds. The topological polar surface area (TPSA) is 69.6 Å². The van der Waals surface area contributed by atoms with Gasteiger partial charge in [0.1, 0.15) is 5.54 Å². The highest BCUT2D eigenvalue weighted by Gasteiger charge is 2.33. The van der Waals surface area contributed by atoms with Gasteiger partial charge >= 0.3 is 5.97 Å². The second-order valence-corrected chi connectivity index (χ2v) is 4.16. The third-order valence-electron chi connectivity index (χ3n) is 3.16. The molecule has 0 bridgehead atoms. The van der Waals surface area contributed by atoms with Crippen molar-refractivity contribution in [3.8, 4) is 0 Å². The molecule has 0 aromatic heterocycles. The van der Waals surface area contributed by atoms with Crippen molar-refractivity contribution >= 4 is 5.97 Å². The number of carboxylic acids is 1. The fraction of sp³-hybridized carbons (Fsp3) is 0.917. The van der Waals surface area contributed by atoms with Crippen LogP contribution >= 0.6 is 0 Å². The van der Waals surface area contributed by atoms with Gasteiger partial charge in [0.15, 0.2) is 0 Å². The van der Waals surface area contributed by atoms with Crippen molar-refractivity contribution in [3.63, 3.8) is 0 Å². The van der Waals surface area contributed by atoms with Gasteiger partial charge in [-0.15, -0.1) is 0 Å². The number of hydrogen-bond donors (Lipinski definition) is 3. The summed E-state index contributed by atoms with van der Waals surface area (Å²) in [5, 5.41) is 20.9. The highest BCUT2D eigenvalue weighted by molar-refractivity contribution is 5.78. The molecule has 0 aliphatic heterocycles. The van der Waals surface area contributed by atoms with E-state index < -0.39 is 11.5 Å². The summed E-state index contributed by atoms with van der Waals surface area (Å²) in [6.07, 6.45) is 5.07. The second kappa shape index (κ2) is 8.53. The molecule has 0 rings (SSSR count). The van der Waals surface area contributed by atoms with E-state index in [-0.39, 0.29) is 6.61 Å². The average Bonchev–Trinajstić information content (AvgIpc) is 2.28. The Morgan fingerprint density at radius 1 is 1.12 bits per heavy atom. The molecule has 0 aliphatic carbocycles. The molecule has 0 aromatic rings. The van der Waals surface area contributed by atoms with E-state index >= 15 is 0 Å². The number of unbranched alkanes of at least 4 members (excludes halogenated alkanes) is 3. The largest absolute Gasteiger partial charge is 0.480 e. The van der Waals surface area contributed by atoms with E-state index in [4.69, 9.17) is 10.2 Å². The maximum Gasteiger partial charge on any atom is 0.323 e. The first-order valence-corrected chi connectivity index (χ1v) is 6.22. The van der Waals surface area contributed by atoms with Crippen molar-refractivity contribution in [1.29, 1.82) is 0 Å². The minimum Gasteiger partial charge on any atom is -0.480 e. The number of nitrogens with one attached hydrogen (secondary N) is 1. The molecule has 0 spiro atoms. The molecule has 4 heteroatoms. The van der Waals surface area contributed by atoms with Crippen LogP contribution in [0.1, 0.15) is 52.4 Å². The Balaban J connectivity index is 3.81. The Morgan fingerprint density at radius 2 is 1.69 bits per heavy atom. The summed E-state index contributed by atoms with van der Waals surface area (Å²) in [5.74, 6) is -0.757. The van der Waals surface area contributed by atoms with E-state index in [1.807, 2.05) is 13.8 Å². The molecule has 0 unspecified atom stereocenters. The van der Waals surface area contributed by atoms with Crippen LogP contribution < -0.4 is 5.32 Å². The fourth-order valence-electron chi connectivity index (χ4n) is 1.80. The average molecular weight is 231 g/mol. The number of carboxylic acid groups (broad SMARTS) is 1. The van der Waals surface area contributed by atoms with Crippen LogP contribution in [-0.4, -0.2) is 34.9 Å². The lowest BCUT2D eigenvalue weighted by atomic mass is 9.93. The number of rotatable bonds is 10. The van der Waals surface area contributed by atoms with Gasteiger partial charge in [-0.3, -0.25) is 4.79 Å². The summed E-state index contributed by atoms with van der Waals surface area (Å²) in [6, 6.07) is 0. The lowest BCUT2D eigenvalue weighted by Gasteiger charge is -2.28. The number of hydrogen-bond acceptors (Lipinski definition) is 3. The molecule has 0 radical (unpaired) electrons. The highest BCUT2D eigenvalue weighted by Crippen LogP contribution is 2.15. The van der Waals surface area contributed by atoms with Crippen LogP contribution in [0.15, 0.2) is 0 Å². The molecule has 96 valence electrons. The van der Waals surface area contributed by atoms with E-state index in [9.17, 15) is 4.79 Å². The molecule has 0 saturated carbocycles. The van der Waals surface area contributed by atoms with Crippen molar-refractivity contribution in [3.05, 3.63) is 0 Å². The standard InChI is InChI=1S/C12H25NO3/c1-3-12(4-2,11(15)16)13-9-7-5-6-8-10-14/h13-14H,3-10H2,1-2H3,(H,15,16). The third kappa shape index (κ3) is 4.94. The minimum atomic E-state index is -0.757. The van der Waals surface area contributed by atoms with Gasteiger partial charge in [0.05, 0.1) is 0 Å². The monoisotopic (exact) mass is 231 g/mol. The Labute approximate surface area is 98.1 Å². The first-order chi connectivity index (χ1) is 7.63. The van der Waals surface area contributed by atoms with E-state index in [1.54, 1.807) is 0 Å². The molecule has 0 heterocycles. The Morgan fingerprint density at radius 3 is 2.12 bits per heavy atom. The van der Waals surface area contributed by atoms with E-state index in [2.05, 4.69) is 5.32 Å². The summed E-state index contributed by atoms with van der Waals surface area (Å²) in [5.41, 5.74) is -0.753. The molecule has 0 fully saturated rings. The van der Waals surface area contributed by atoms with Crippen LogP contribution in [-0.2, 0) is 4.79 Å². The van der Waals surface area contributed by atoms with E-state index in [0.29, 0.717) is 12.8 Å². The Bertz CT molecular complexity index is 191. The fourth-order valence-corrected chi connectivity index (χ4v) is 1.80. The smallest absolute Gasteiger partial charge is 0.323 e. The molecule has 0 aliphatic rings. The van der Waals surface area contributed by atoms with Gasteiger partial charge in [-0.05, 0) is 32.2 Å². The van der Waals surface area contributed by atoms with Crippen molar-refractivity contribution in [1.82, 2.24) is 5.32 Å². The van der Waals surface area contributed by atoms with Crippen LogP contribution in [0.2, 0.25) is 0 Å². The minimum absolute atomic E-state index is 0.246. The zero-order valence-corrected chi connectivity index (χ0v) is 10.5. The van der Waals surface area contributed by atoms with Crippen LogP contribution in [0.5, 0.6) is 0 Å². The summed E-state index contributed by atoms with van der Waals surface area (Å²) < 4.78 is 0. The summed E-state index contributed by atoms with van der Waals surface area (Å²) in [7, 11) is 0. The van der Waals surface area contributed by atoms with Crippen LogP contribution in [0.4, 0.5) is 0 Å². The molecule has 3 N–H and O–H groups in total. The quantitative estimate of drug-likeness (QED) is 0.501. The lowest BCUT2D eigenvalue weighted by Crippen LogP contribution is -2.51. The number of aliphatic hydroxyl groups excluding tert-OH is 1. The third-order valence-corrected chi connectivity index (χ3v) is 3.16. The molecule has 0 atom stereocenters. The Kier molecular flexibility index (Phi) is 8.21. The summed E-state index contributed by atoms with van der Waals surface area (Å²) >= 11 is 0. The molecule has 0 saturated heterocycles. The Hall–Kier alpha value is -0.610. The zero-order valence-electron chi connectivity index (χ0n) is 10.5. The molecule has 0 aromatic carbocycles. The second-order valence-electron chi connectivity index (χ2n) is 4.16. The number of carbonyl (C=O) groups is 1.